The maximum absolute atomic E-state index is 14.0. The molecule has 0 aromatic heterocycles. The fourth-order valence-corrected chi connectivity index (χ4v) is 5.02. The largest absolute Gasteiger partial charge is 0.370 e. The van der Waals surface area contributed by atoms with Crippen LogP contribution in [0.5, 0.6) is 0 Å². The third-order valence-electron chi connectivity index (χ3n) is 5.88. The van der Waals surface area contributed by atoms with Gasteiger partial charge in [-0.2, -0.15) is 0 Å². The number of hydrogen-bond donors (Lipinski definition) is 1. The summed E-state index contributed by atoms with van der Waals surface area (Å²) in [6.45, 7) is 16.6. The molecule has 0 bridgehead atoms. The van der Waals surface area contributed by atoms with Crippen LogP contribution in [0.2, 0.25) is 0 Å². The summed E-state index contributed by atoms with van der Waals surface area (Å²) in [5.74, 6) is 0.620. The van der Waals surface area contributed by atoms with Gasteiger partial charge in [0.15, 0.2) is 0 Å². The van der Waals surface area contributed by atoms with E-state index in [-0.39, 0.29) is 11.7 Å². The predicted octanol–water partition coefficient (Wildman–Crippen LogP) is 6.86. The molecular weight excluding hydrogens is 433 g/mol. The van der Waals surface area contributed by atoms with Gasteiger partial charge >= 0.3 is 0 Å². The van der Waals surface area contributed by atoms with E-state index in [9.17, 15) is 9.18 Å². The number of nitrogens with zero attached hydrogens (tertiary/aromatic N) is 2. The van der Waals surface area contributed by atoms with Gasteiger partial charge in [-0.25, -0.2) is 4.39 Å². The Morgan fingerprint density at radius 1 is 1.27 bits per heavy atom. The summed E-state index contributed by atoms with van der Waals surface area (Å²) >= 11 is 1.83. The lowest BCUT2D eigenvalue weighted by Gasteiger charge is -2.34. The molecule has 4 nitrogen and oxygen atoms in total. The number of aryl methyl sites for hydroxylation is 1. The van der Waals surface area contributed by atoms with Crippen molar-refractivity contribution in [2.45, 2.75) is 84.6 Å². The molecule has 1 heterocycles. The van der Waals surface area contributed by atoms with Gasteiger partial charge in [0, 0.05) is 30.5 Å². The SMILES string of the molecule is C=CCC(CC)N1CCCc2cc(F)ccc2N(C(=C)CCCCC)SCC1.CCC(N)=O. The number of carbonyl (C=O) groups is 1. The molecule has 1 aliphatic heterocycles. The zero-order valence-corrected chi connectivity index (χ0v) is 21.8. The van der Waals surface area contributed by atoms with Crippen molar-refractivity contribution in [1.82, 2.24) is 4.90 Å². The first-order valence-corrected chi connectivity index (χ1v) is 13.3. The molecule has 0 aliphatic carbocycles. The molecule has 0 saturated carbocycles. The second-order valence-corrected chi connectivity index (χ2v) is 9.50. The number of primary amides is 1. The van der Waals surface area contributed by atoms with Crippen molar-refractivity contribution < 1.29 is 9.18 Å². The minimum atomic E-state index is -0.245. The van der Waals surface area contributed by atoms with Gasteiger partial charge in [0.25, 0.3) is 0 Å². The molecule has 0 spiro atoms. The van der Waals surface area contributed by atoms with E-state index in [2.05, 4.69) is 41.9 Å². The van der Waals surface area contributed by atoms with Gasteiger partial charge < -0.3 is 5.73 Å². The van der Waals surface area contributed by atoms with Gasteiger partial charge in [-0.05, 0) is 80.8 Å². The molecule has 0 fully saturated rings. The Kier molecular flexibility index (Phi) is 14.9. The highest BCUT2D eigenvalue weighted by atomic mass is 32.2. The number of unbranched alkanes of at least 4 members (excludes halogenated alkanes) is 2. The van der Waals surface area contributed by atoms with Crippen LogP contribution in [-0.2, 0) is 11.2 Å². The maximum Gasteiger partial charge on any atom is 0.217 e. The third-order valence-corrected chi connectivity index (χ3v) is 6.96. The summed E-state index contributed by atoms with van der Waals surface area (Å²) in [5.41, 5.74) is 8.01. The highest BCUT2D eigenvalue weighted by Crippen LogP contribution is 2.34. The highest BCUT2D eigenvalue weighted by Gasteiger charge is 2.21. The number of nitrogens with two attached hydrogens (primary N) is 1. The van der Waals surface area contributed by atoms with Crippen LogP contribution in [0, 0.1) is 5.82 Å². The number of allylic oxidation sites excluding steroid dienone is 1. The lowest BCUT2D eigenvalue weighted by Crippen LogP contribution is -2.38. The minimum absolute atomic E-state index is 0.146. The van der Waals surface area contributed by atoms with Gasteiger partial charge in [-0.3, -0.25) is 14.0 Å². The molecule has 1 aromatic carbocycles. The van der Waals surface area contributed by atoms with Crippen LogP contribution < -0.4 is 10.0 Å². The van der Waals surface area contributed by atoms with Crippen LogP contribution in [0.4, 0.5) is 10.1 Å². The standard InChI is InChI=1S/C24H37FN2S.C3H7NO/c1-5-8-9-12-20(4)27-24-15-14-22(25)19-21(24)13-10-16-26(17-18-28-27)23(7-3)11-6-2;1-2-3(4)5/h6,14-15,19,23H,2,4-5,7-13,16-18H2,1,3H3;2H2,1H3,(H2,4,5). The number of anilines is 1. The van der Waals surface area contributed by atoms with E-state index in [1.54, 1.807) is 19.1 Å². The fourth-order valence-electron chi connectivity index (χ4n) is 3.93. The number of hydrogen-bond acceptors (Lipinski definition) is 4. The number of rotatable bonds is 10. The number of halogens is 1. The van der Waals surface area contributed by atoms with E-state index < -0.39 is 0 Å². The van der Waals surface area contributed by atoms with Crippen LogP contribution in [0.25, 0.3) is 0 Å². The second-order valence-electron chi connectivity index (χ2n) is 8.47. The molecule has 6 heteroatoms. The monoisotopic (exact) mass is 477 g/mol. The molecule has 1 aliphatic rings. The quantitative estimate of drug-likeness (QED) is 0.227. The molecule has 0 saturated heterocycles. The number of fused-ring (bicyclic) bond motifs is 1. The molecule has 1 atom stereocenters. The van der Waals surface area contributed by atoms with E-state index in [0.29, 0.717) is 12.5 Å². The number of carbonyl (C=O) groups excluding carboxylic acids is 1. The van der Waals surface area contributed by atoms with E-state index in [0.717, 1.165) is 74.3 Å². The summed E-state index contributed by atoms with van der Waals surface area (Å²) in [5, 5.41) is 0. The number of benzene rings is 1. The maximum atomic E-state index is 14.0. The third kappa shape index (κ3) is 10.8. The van der Waals surface area contributed by atoms with E-state index in [1.165, 1.54) is 12.8 Å². The van der Waals surface area contributed by atoms with Gasteiger partial charge in [0.1, 0.15) is 5.82 Å². The summed E-state index contributed by atoms with van der Waals surface area (Å²) in [4.78, 5) is 12.2. The van der Waals surface area contributed by atoms with Gasteiger partial charge in [-0.1, -0.05) is 46.3 Å². The molecule has 33 heavy (non-hydrogen) atoms. The first-order chi connectivity index (χ1) is 15.9. The Labute approximate surface area is 205 Å². The zero-order valence-electron chi connectivity index (χ0n) is 21.0. The van der Waals surface area contributed by atoms with Gasteiger partial charge in [0.2, 0.25) is 5.91 Å². The average molecular weight is 478 g/mol. The lowest BCUT2D eigenvalue weighted by molar-refractivity contribution is -0.117. The summed E-state index contributed by atoms with van der Waals surface area (Å²) in [7, 11) is 0. The first-order valence-electron chi connectivity index (χ1n) is 12.4. The lowest BCUT2D eigenvalue weighted by atomic mass is 10.0. The smallest absolute Gasteiger partial charge is 0.217 e. The fraction of sp³-hybridized carbons (Fsp3) is 0.593. The molecule has 2 N–H and O–H groups in total. The van der Waals surface area contributed by atoms with Crippen LogP contribution >= 0.6 is 11.9 Å². The molecule has 2 rings (SSSR count). The van der Waals surface area contributed by atoms with Gasteiger partial charge in [-0.15, -0.1) is 6.58 Å². The van der Waals surface area contributed by atoms with Crippen LogP contribution in [0.15, 0.2) is 43.1 Å². The van der Waals surface area contributed by atoms with E-state index in [1.807, 2.05) is 24.1 Å². The summed E-state index contributed by atoms with van der Waals surface area (Å²) in [6.07, 6.45) is 11.2. The topological polar surface area (TPSA) is 49.6 Å². The summed E-state index contributed by atoms with van der Waals surface area (Å²) in [6, 6.07) is 5.79. The molecular formula is C27H44FN3OS. The normalized spacial score (nSPS) is 15.6. The van der Waals surface area contributed by atoms with Crippen molar-refractivity contribution in [3.63, 3.8) is 0 Å². The minimum Gasteiger partial charge on any atom is -0.370 e. The van der Waals surface area contributed by atoms with Gasteiger partial charge in [0.05, 0.1) is 5.69 Å². The second kappa shape index (κ2) is 16.8. The van der Waals surface area contributed by atoms with Crippen LogP contribution in [-0.4, -0.2) is 35.7 Å². The Balaban J connectivity index is 0.000000981. The Hall–Kier alpha value is -1.79. The number of amides is 1. The van der Waals surface area contributed by atoms with Crippen molar-refractivity contribution in [3.8, 4) is 0 Å². The molecule has 1 aromatic rings. The molecule has 1 unspecified atom stereocenters. The predicted molar refractivity (Wildman–Crippen MR) is 143 cm³/mol. The Bertz CT molecular complexity index is 740. The Morgan fingerprint density at radius 2 is 2.00 bits per heavy atom. The molecule has 1 amide bonds. The van der Waals surface area contributed by atoms with Crippen molar-refractivity contribution in [1.29, 1.82) is 0 Å². The van der Waals surface area contributed by atoms with Crippen molar-refractivity contribution in [3.05, 3.63) is 54.5 Å². The van der Waals surface area contributed by atoms with Crippen LogP contribution in [0.3, 0.4) is 0 Å². The van der Waals surface area contributed by atoms with Crippen LogP contribution in [0.1, 0.15) is 77.7 Å². The first kappa shape index (κ1) is 29.2. The van der Waals surface area contributed by atoms with Crippen molar-refractivity contribution in [2.75, 3.05) is 23.1 Å². The van der Waals surface area contributed by atoms with Crippen molar-refractivity contribution in [2.24, 2.45) is 5.73 Å². The molecule has 186 valence electrons. The average Bonchev–Trinajstić information content (AvgIpc) is 2.80. The van der Waals surface area contributed by atoms with Crippen molar-refractivity contribution >= 4 is 23.5 Å². The Morgan fingerprint density at radius 3 is 2.61 bits per heavy atom. The molecule has 0 radical (unpaired) electrons. The van der Waals surface area contributed by atoms with E-state index >= 15 is 0 Å². The zero-order chi connectivity index (χ0) is 24.6. The van der Waals surface area contributed by atoms with E-state index in [4.69, 9.17) is 0 Å². The highest BCUT2D eigenvalue weighted by molar-refractivity contribution is 8.00. The summed E-state index contributed by atoms with van der Waals surface area (Å²) < 4.78 is 16.3.